The highest BCUT2D eigenvalue weighted by Crippen LogP contribution is 2.21. The molecule has 4 rings (SSSR count). The maximum atomic E-state index is 13.7. The fraction of sp³-hybridized carbons (Fsp3) is 0.385. The van der Waals surface area contributed by atoms with Crippen molar-refractivity contribution >= 4 is 40.6 Å². The molecular weight excluding hydrogens is 522 g/mol. The van der Waals surface area contributed by atoms with Gasteiger partial charge in [-0.25, -0.2) is 9.78 Å². The van der Waals surface area contributed by atoms with Crippen LogP contribution in [0.5, 0.6) is 0 Å². The van der Waals surface area contributed by atoms with Crippen LogP contribution in [0.25, 0.3) is 10.9 Å². The van der Waals surface area contributed by atoms with Gasteiger partial charge in [0.05, 0.1) is 18.8 Å². The van der Waals surface area contributed by atoms with Gasteiger partial charge >= 0.3 is 11.9 Å². The molecule has 0 radical (unpaired) electrons. The third-order valence-electron chi connectivity index (χ3n) is 6.88. The van der Waals surface area contributed by atoms with E-state index in [4.69, 9.17) is 10.8 Å². The molecule has 3 aromatic rings. The summed E-state index contributed by atoms with van der Waals surface area (Å²) in [6.07, 6.45) is 4.77. The quantitative estimate of drug-likeness (QED) is 0.154. The number of carboxylic acids is 2. The number of likely N-dealkylation sites (tertiary alicyclic amines) is 1. The van der Waals surface area contributed by atoms with Crippen LogP contribution in [-0.2, 0) is 36.8 Å². The number of hydrogen-bond donors (Lipinski definition) is 7. The molecule has 1 aliphatic rings. The standard InChI is InChI=1S/C26H31N7O7/c27-17(10-22(34)35)23(36)31-19(8-14-11-29-18-5-2-1-4-16(14)18)24(37)32-20(9-15-12-28-13-30-15)25(38)33-7-3-6-21(33)26(39)40/h1-2,4-5,11-13,17,19-21,29H,3,6-10,27H2,(H,28,30)(H,31,36)(H,32,37)(H,34,35)(H,39,40). The Bertz CT molecular complexity index is 1390. The van der Waals surface area contributed by atoms with E-state index in [9.17, 15) is 29.1 Å². The molecule has 1 aliphatic heterocycles. The molecule has 14 heteroatoms. The summed E-state index contributed by atoms with van der Waals surface area (Å²) in [5, 5.41) is 24.6. The van der Waals surface area contributed by atoms with E-state index in [1.807, 2.05) is 24.3 Å². The van der Waals surface area contributed by atoms with E-state index in [0.717, 1.165) is 10.9 Å². The van der Waals surface area contributed by atoms with Crippen molar-refractivity contribution in [1.29, 1.82) is 0 Å². The van der Waals surface area contributed by atoms with Crippen LogP contribution in [0.1, 0.15) is 30.5 Å². The molecule has 1 aromatic carbocycles. The average molecular weight is 554 g/mol. The van der Waals surface area contributed by atoms with E-state index < -0.39 is 60.2 Å². The number of benzene rings is 1. The maximum Gasteiger partial charge on any atom is 0.326 e. The maximum absolute atomic E-state index is 13.7. The molecule has 1 fully saturated rings. The smallest absolute Gasteiger partial charge is 0.326 e. The van der Waals surface area contributed by atoms with Crippen molar-refractivity contribution in [2.24, 2.45) is 5.73 Å². The predicted octanol–water partition coefficient (Wildman–Crippen LogP) is -0.477. The lowest BCUT2D eigenvalue weighted by atomic mass is 10.0. The number of carboxylic acid groups (broad SMARTS) is 2. The highest BCUT2D eigenvalue weighted by Gasteiger charge is 2.38. The second-order valence-electron chi connectivity index (χ2n) is 9.70. The Labute approximate surface area is 228 Å². The number of para-hydroxylation sites is 1. The lowest BCUT2D eigenvalue weighted by molar-refractivity contribution is -0.149. The molecule has 8 N–H and O–H groups in total. The third kappa shape index (κ3) is 6.64. The summed E-state index contributed by atoms with van der Waals surface area (Å²) in [4.78, 5) is 73.9. The van der Waals surface area contributed by atoms with Gasteiger partial charge in [-0.15, -0.1) is 0 Å². The highest BCUT2D eigenvalue weighted by atomic mass is 16.4. The molecule has 0 saturated carbocycles. The molecule has 4 atom stereocenters. The molecular formula is C26H31N7O7. The molecule has 212 valence electrons. The minimum Gasteiger partial charge on any atom is -0.481 e. The van der Waals surface area contributed by atoms with Crippen molar-refractivity contribution in [2.75, 3.05) is 6.54 Å². The van der Waals surface area contributed by atoms with Gasteiger partial charge in [-0.05, 0) is 24.5 Å². The fourth-order valence-electron chi connectivity index (χ4n) is 4.87. The van der Waals surface area contributed by atoms with Crippen molar-refractivity contribution in [3.8, 4) is 0 Å². The Hall–Kier alpha value is -4.72. The fourth-order valence-corrected chi connectivity index (χ4v) is 4.87. The van der Waals surface area contributed by atoms with Gasteiger partial charge in [-0.3, -0.25) is 19.2 Å². The second-order valence-corrected chi connectivity index (χ2v) is 9.70. The molecule has 40 heavy (non-hydrogen) atoms. The van der Waals surface area contributed by atoms with Crippen molar-refractivity contribution in [3.63, 3.8) is 0 Å². The normalized spacial score (nSPS) is 17.2. The van der Waals surface area contributed by atoms with Gasteiger partial charge in [-0.2, -0.15) is 0 Å². The van der Waals surface area contributed by atoms with Crippen LogP contribution in [-0.4, -0.2) is 90.4 Å². The lowest BCUT2D eigenvalue weighted by Crippen LogP contribution is -2.58. The number of imidazole rings is 1. The number of carbonyl (C=O) groups is 5. The first-order valence-electron chi connectivity index (χ1n) is 12.8. The summed E-state index contributed by atoms with van der Waals surface area (Å²) in [5.41, 5.74) is 7.78. The monoisotopic (exact) mass is 553 g/mol. The zero-order chi connectivity index (χ0) is 28.8. The Morgan fingerprint density at radius 2 is 1.80 bits per heavy atom. The number of aliphatic carboxylic acids is 2. The summed E-state index contributed by atoms with van der Waals surface area (Å²) < 4.78 is 0. The molecule has 0 aliphatic carbocycles. The number of hydrogen-bond acceptors (Lipinski definition) is 7. The van der Waals surface area contributed by atoms with Crippen LogP contribution < -0.4 is 16.4 Å². The van der Waals surface area contributed by atoms with E-state index >= 15 is 0 Å². The van der Waals surface area contributed by atoms with Gasteiger partial charge in [0.2, 0.25) is 17.7 Å². The zero-order valence-electron chi connectivity index (χ0n) is 21.5. The number of H-pyrrole nitrogens is 2. The van der Waals surface area contributed by atoms with Crippen LogP contribution in [0.4, 0.5) is 0 Å². The van der Waals surface area contributed by atoms with Crippen molar-refractivity contribution in [2.45, 2.75) is 56.3 Å². The first kappa shape index (κ1) is 28.3. The van der Waals surface area contributed by atoms with Gasteiger partial charge < -0.3 is 41.4 Å². The van der Waals surface area contributed by atoms with Gasteiger partial charge in [0, 0.05) is 48.4 Å². The molecule has 4 unspecified atom stereocenters. The molecule has 1 saturated heterocycles. The van der Waals surface area contributed by atoms with Crippen LogP contribution in [0.2, 0.25) is 0 Å². The number of aromatic amines is 2. The van der Waals surface area contributed by atoms with Gasteiger partial charge in [0.25, 0.3) is 0 Å². The summed E-state index contributed by atoms with van der Waals surface area (Å²) in [7, 11) is 0. The van der Waals surface area contributed by atoms with Crippen LogP contribution >= 0.6 is 0 Å². The number of carbonyl (C=O) groups excluding carboxylic acids is 3. The summed E-state index contributed by atoms with van der Waals surface area (Å²) in [5.74, 6) is -4.54. The molecule has 0 spiro atoms. The highest BCUT2D eigenvalue weighted by molar-refractivity contribution is 5.95. The first-order chi connectivity index (χ1) is 19.1. The van der Waals surface area contributed by atoms with Crippen LogP contribution in [0.3, 0.4) is 0 Å². The number of nitrogens with zero attached hydrogens (tertiary/aromatic N) is 2. The van der Waals surface area contributed by atoms with E-state index in [1.165, 1.54) is 17.4 Å². The summed E-state index contributed by atoms with van der Waals surface area (Å²) in [6.45, 7) is 0.227. The minimum absolute atomic E-state index is 0.000305. The molecule has 14 nitrogen and oxygen atoms in total. The van der Waals surface area contributed by atoms with Crippen molar-refractivity contribution < 1.29 is 34.2 Å². The lowest BCUT2D eigenvalue weighted by Gasteiger charge is -2.28. The third-order valence-corrected chi connectivity index (χ3v) is 6.88. The van der Waals surface area contributed by atoms with Gasteiger partial charge in [0.1, 0.15) is 18.1 Å². The minimum atomic E-state index is -1.40. The van der Waals surface area contributed by atoms with E-state index in [1.54, 1.807) is 6.20 Å². The Morgan fingerprint density at radius 3 is 2.50 bits per heavy atom. The average Bonchev–Trinajstić information content (AvgIpc) is 3.68. The Morgan fingerprint density at radius 1 is 1.05 bits per heavy atom. The number of nitrogens with one attached hydrogen (secondary N) is 4. The first-order valence-corrected chi connectivity index (χ1v) is 12.8. The number of aromatic nitrogens is 3. The Kier molecular flexibility index (Phi) is 8.79. The summed E-state index contributed by atoms with van der Waals surface area (Å²) >= 11 is 0. The van der Waals surface area contributed by atoms with Gasteiger partial charge in [-0.1, -0.05) is 18.2 Å². The van der Waals surface area contributed by atoms with E-state index in [0.29, 0.717) is 24.1 Å². The molecule has 2 aromatic heterocycles. The number of fused-ring (bicyclic) bond motifs is 1. The van der Waals surface area contributed by atoms with Crippen molar-refractivity contribution in [3.05, 3.63) is 54.2 Å². The zero-order valence-corrected chi connectivity index (χ0v) is 21.5. The molecule has 3 amide bonds. The second kappa shape index (κ2) is 12.4. The number of rotatable bonds is 12. The summed E-state index contributed by atoms with van der Waals surface area (Å²) in [6, 6.07) is 2.56. The van der Waals surface area contributed by atoms with Gasteiger partial charge in [0.15, 0.2) is 0 Å². The predicted molar refractivity (Wildman–Crippen MR) is 141 cm³/mol. The SMILES string of the molecule is NC(CC(=O)O)C(=O)NC(Cc1c[nH]c2ccccc12)C(=O)NC(Cc1cnc[nH]1)C(=O)N1CCCC1C(=O)O. The Balaban J connectivity index is 1.60. The van der Waals surface area contributed by atoms with Crippen molar-refractivity contribution in [1.82, 2.24) is 30.5 Å². The molecule has 0 bridgehead atoms. The topological polar surface area (TPSA) is 224 Å². The number of amides is 3. The molecule has 3 heterocycles. The van der Waals surface area contributed by atoms with E-state index in [2.05, 4.69) is 25.6 Å². The number of nitrogens with two attached hydrogens (primary N) is 1. The van der Waals surface area contributed by atoms with E-state index in [-0.39, 0.29) is 19.4 Å². The van der Waals surface area contributed by atoms with Crippen LogP contribution in [0, 0.1) is 0 Å². The largest absolute Gasteiger partial charge is 0.481 e. The van der Waals surface area contributed by atoms with Crippen LogP contribution in [0.15, 0.2) is 43.0 Å².